The van der Waals surface area contributed by atoms with Gasteiger partial charge in [0.15, 0.2) is 11.5 Å². The van der Waals surface area contributed by atoms with Gasteiger partial charge < -0.3 is 20.1 Å². The number of benzene rings is 3. The minimum atomic E-state index is -3.87. The molecule has 0 aliphatic rings. The molecule has 0 spiro atoms. The summed E-state index contributed by atoms with van der Waals surface area (Å²) in [5.41, 5.74) is 1.83. The highest BCUT2D eigenvalue weighted by molar-refractivity contribution is 7.87. The van der Waals surface area contributed by atoms with Crippen molar-refractivity contribution < 1.29 is 27.5 Å². The molecule has 0 unspecified atom stereocenters. The molecule has 0 saturated heterocycles. The lowest BCUT2D eigenvalue weighted by molar-refractivity contribution is -0.117. The molecule has 0 radical (unpaired) electrons. The first-order valence-electron chi connectivity index (χ1n) is 12.9. The number of nitrogens with one attached hydrogen (secondary N) is 2. The molecule has 0 atom stereocenters. The van der Waals surface area contributed by atoms with Crippen LogP contribution in [0.15, 0.2) is 78.6 Å². The van der Waals surface area contributed by atoms with Gasteiger partial charge in [0.1, 0.15) is 5.70 Å². The van der Waals surface area contributed by atoms with Gasteiger partial charge in [-0.1, -0.05) is 48.0 Å². The fraction of sp³-hybridized carbons (Fsp3) is 0.200. The van der Waals surface area contributed by atoms with Crippen molar-refractivity contribution in [2.24, 2.45) is 0 Å². The number of aromatic nitrogens is 1. The van der Waals surface area contributed by atoms with E-state index in [1.807, 2.05) is 12.1 Å². The Hall–Kier alpha value is -4.32. The third kappa shape index (κ3) is 6.59. The molecule has 0 bridgehead atoms. The van der Waals surface area contributed by atoms with Crippen molar-refractivity contribution in [2.45, 2.75) is 6.42 Å². The van der Waals surface area contributed by atoms with Gasteiger partial charge in [0.2, 0.25) is 0 Å². The number of fused-ring (bicyclic) bond motifs is 1. The quantitative estimate of drug-likeness (QED) is 0.247. The number of carbonyl (C=O) groups is 2. The van der Waals surface area contributed by atoms with Crippen molar-refractivity contribution in [3.8, 4) is 11.5 Å². The van der Waals surface area contributed by atoms with E-state index in [1.165, 1.54) is 26.4 Å². The van der Waals surface area contributed by atoms with E-state index in [-0.39, 0.29) is 22.8 Å². The van der Waals surface area contributed by atoms with Gasteiger partial charge in [-0.3, -0.25) is 9.59 Å². The Labute approximate surface area is 249 Å². The van der Waals surface area contributed by atoms with Crippen LogP contribution in [0, 0.1) is 0 Å². The number of nitrogens with zero attached hydrogens (tertiary/aromatic N) is 2. The van der Waals surface area contributed by atoms with Crippen LogP contribution in [0.4, 0.5) is 0 Å². The number of hydrogen-bond donors (Lipinski definition) is 2. The van der Waals surface area contributed by atoms with Crippen molar-refractivity contribution in [1.82, 2.24) is 18.9 Å². The second kappa shape index (κ2) is 13.1. The Balaban J connectivity index is 1.68. The summed E-state index contributed by atoms with van der Waals surface area (Å²) in [6.45, 7) is 0.240. The number of para-hydroxylation sites is 1. The minimum absolute atomic E-state index is 0.0858. The minimum Gasteiger partial charge on any atom is -0.493 e. The standard InChI is InChI=1S/C30H31ClN4O6S/c1-34(2)42(38,39)35-19-21(22-9-6-8-12-26(22)35)18-25(33-29(36)23-10-5-7-11-24(23)31)30(37)32-16-15-20-13-14-27(40-3)28(17-20)41-4/h5-14,17-19H,15-16H2,1-4H3,(H,32,37)(H,33,36)/b25-18-. The molecule has 2 N–H and O–H groups in total. The molecule has 2 amide bonds. The Bertz CT molecular complexity index is 1760. The van der Waals surface area contributed by atoms with Gasteiger partial charge in [0.05, 0.1) is 30.3 Å². The van der Waals surface area contributed by atoms with E-state index in [1.54, 1.807) is 68.8 Å². The second-order valence-electron chi connectivity index (χ2n) is 9.37. The predicted molar refractivity (Wildman–Crippen MR) is 163 cm³/mol. The maximum absolute atomic E-state index is 13.5. The molecule has 3 aromatic carbocycles. The van der Waals surface area contributed by atoms with E-state index >= 15 is 0 Å². The fourth-order valence-electron chi connectivity index (χ4n) is 4.26. The lowest BCUT2D eigenvalue weighted by Crippen LogP contribution is -2.35. The first-order valence-corrected chi connectivity index (χ1v) is 14.6. The van der Waals surface area contributed by atoms with Crippen LogP contribution in [0.1, 0.15) is 21.5 Å². The topological polar surface area (TPSA) is 119 Å². The molecule has 0 saturated carbocycles. The van der Waals surface area contributed by atoms with Crippen molar-refractivity contribution in [2.75, 3.05) is 34.9 Å². The highest BCUT2D eigenvalue weighted by Crippen LogP contribution is 2.28. The van der Waals surface area contributed by atoms with E-state index in [0.717, 1.165) is 13.8 Å². The van der Waals surface area contributed by atoms with Crippen LogP contribution in [0.3, 0.4) is 0 Å². The molecular weight excluding hydrogens is 580 g/mol. The van der Waals surface area contributed by atoms with Crippen LogP contribution in [-0.4, -0.2) is 63.4 Å². The van der Waals surface area contributed by atoms with Gasteiger partial charge >= 0.3 is 10.2 Å². The Kier molecular flexibility index (Phi) is 9.56. The summed E-state index contributed by atoms with van der Waals surface area (Å²) in [7, 11) is 2.09. The van der Waals surface area contributed by atoms with E-state index in [2.05, 4.69) is 10.6 Å². The first-order chi connectivity index (χ1) is 20.1. The van der Waals surface area contributed by atoms with Gasteiger partial charge in [-0.2, -0.15) is 12.7 Å². The van der Waals surface area contributed by atoms with Gasteiger partial charge in [0.25, 0.3) is 11.8 Å². The molecule has 4 aromatic rings. The highest BCUT2D eigenvalue weighted by Gasteiger charge is 2.22. The SMILES string of the molecule is COc1ccc(CCNC(=O)/C(=C/c2cn(S(=O)(=O)N(C)C)c3ccccc23)NC(=O)c2ccccc2Cl)cc1OC. The lowest BCUT2D eigenvalue weighted by Gasteiger charge is -2.13. The number of amides is 2. The normalized spacial score (nSPS) is 11.9. The van der Waals surface area contributed by atoms with Crippen LogP contribution >= 0.6 is 11.6 Å². The van der Waals surface area contributed by atoms with Gasteiger partial charge in [0, 0.05) is 37.8 Å². The first kappa shape index (κ1) is 30.6. The van der Waals surface area contributed by atoms with Crippen molar-refractivity contribution in [3.63, 3.8) is 0 Å². The number of methoxy groups -OCH3 is 2. The molecule has 1 heterocycles. The summed E-state index contributed by atoms with van der Waals surface area (Å²) >= 11 is 6.23. The van der Waals surface area contributed by atoms with E-state index in [4.69, 9.17) is 21.1 Å². The smallest absolute Gasteiger partial charge is 0.307 e. The number of halogens is 1. The van der Waals surface area contributed by atoms with E-state index < -0.39 is 22.0 Å². The monoisotopic (exact) mass is 610 g/mol. The summed E-state index contributed by atoms with van der Waals surface area (Å²) in [4.78, 5) is 26.6. The summed E-state index contributed by atoms with van der Waals surface area (Å²) < 4.78 is 38.9. The fourth-order valence-corrected chi connectivity index (χ4v) is 5.49. The van der Waals surface area contributed by atoms with Crippen molar-refractivity contribution in [3.05, 3.63) is 100 Å². The van der Waals surface area contributed by atoms with Crippen LogP contribution in [-0.2, 0) is 21.4 Å². The highest BCUT2D eigenvalue weighted by atomic mass is 35.5. The largest absolute Gasteiger partial charge is 0.493 e. The Morgan fingerprint density at radius 1 is 0.976 bits per heavy atom. The van der Waals surface area contributed by atoms with Gasteiger partial charge in [-0.25, -0.2) is 3.97 Å². The average molecular weight is 611 g/mol. The third-order valence-electron chi connectivity index (χ3n) is 6.48. The molecule has 12 heteroatoms. The summed E-state index contributed by atoms with van der Waals surface area (Å²) in [5.74, 6) is 0.000867. The Morgan fingerprint density at radius 2 is 1.67 bits per heavy atom. The molecule has 42 heavy (non-hydrogen) atoms. The molecule has 1 aromatic heterocycles. The third-order valence-corrected chi connectivity index (χ3v) is 8.53. The van der Waals surface area contributed by atoms with Crippen molar-refractivity contribution >= 4 is 50.6 Å². The Morgan fingerprint density at radius 3 is 2.36 bits per heavy atom. The maximum atomic E-state index is 13.5. The molecule has 0 fully saturated rings. The number of rotatable bonds is 11. The predicted octanol–water partition coefficient (Wildman–Crippen LogP) is 4.10. The van der Waals surface area contributed by atoms with Gasteiger partial charge in [-0.05, 0) is 48.4 Å². The summed E-state index contributed by atoms with van der Waals surface area (Å²) in [6.07, 6.45) is 3.33. The van der Waals surface area contributed by atoms with Crippen molar-refractivity contribution in [1.29, 1.82) is 0 Å². The zero-order valence-corrected chi connectivity index (χ0v) is 25.1. The molecule has 0 aliphatic heterocycles. The molecule has 220 valence electrons. The summed E-state index contributed by atoms with van der Waals surface area (Å²) in [6, 6.07) is 18.8. The lowest BCUT2D eigenvalue weighted by atomic mass is 10.1. The molecular formula is C30H31ClN4O6S. The molecule has 4 rings (SSSR count). The van der Waals surface area contributed by atoms with Crippen LogP contribution in [0.25, 0.3) is 17.0 Å². The zero-order valence-electron chi connectivity index (χ0n) is 23.5. The molecule has 10 nitrogen and oxygen atoms in total. The molecule has 0 aliphatic carbocycles. The second-order valence-corrected chi connectivity index (χ2v) is 11.8. The average Bonchev–Trinajstić information content (AvgIpc) is 3.35. The number of hydrogen-bond acceptors (Lipinski definition) is 6. The van der Waals surface area contributed by atoms with Crippen LogP contribution in [0.5, 0.6) is 11.5 Å². The maximum Gasteiger partial charge on any atom is 0.307 e. The van der Waals surface area contributed by atoms with E-state index in [0.29, 0.717) is 34.4 Å². The summed E-state index contributed by atoms with van der Waals surface area (Å²) in [5, 5.41) is 6.29. The van der Waals surface area contributed by atoms with Gasteiger partial charge in [-0.15, -0.1) is 0 Å². The van der Waals surface area contributed by atoms with Crippen LogP contribution in [0.2, 0.25) is 5.02 Å². The van der Waals surface area contributed by atoms with Crippen LogP contribution < -0.4 is 20.1 Å². The number of carbonyl (C=O) groups excluding carboxylic acids is 2. The number of ether oxygens (including phenoxy) is 2. The zero-order chi connectivity index (χ0) is 30.4. The van der Waals surface area contributed by atoms with E-state index in [9.17, 15) is 18.0 Å².